The second-order valence-corrected chi connectivity index (χ2v) is 8.08. The molecule has 0 amide bonds. The van der Waals surface area contributed by atoms with Crippen LogP contribution >= 0.6 is 0 Å². The lowest BCUT2D eigenvalue weighted by molar-refractivity contribution is 0.324. The van der Waals surface area contributed by atoms with Crippen LogP contribution in [0.25, 0.3) is 12.2 Å². The van der Waals surface area contributed by atoms with Crippen LogP contribution < -0.4 is 0 Å². The fraction of sp³-hybridized carbons (Fsp3) is 0.417. The second-order valence-electron chi connectivity index (χ2n) is 8.08. The molecule has 0 radical (unpaired) electrons. The molecule has 148 valence electrons. The lowest BCUT2D eigenvalue weighted by Crippen LogP contribution is -2.18. The molecule has 4 rings (SSSR count). The van der Waals surface area contributed by atoms with E-state index in [0.29, 0.717) is 11.5 Å². The molecule has 28 heavy (non-hydrogen) atoms. The van der Waals surface area contributed by atoms with E-state index in [9.17, 15) is 10.2 Å². The maximum Gasteiger partial charge on any atom is 0.120 e. The Hall–Kier alpha value is -2.30. The molecule has 2 fully saturated rings. The maximum atomic E-state index is 10.2. The standard InChI is InChI=1S/C24H30N2O2/c27-23-9-7-19(15-21(23)17-25-11-1-2-12-25)5-6-20-8-10-24(28)22(16-20)18-26-13-3-4-14-26/h5-10,15-16,27-28H,1-4,11-14,17-18H2/b6-5-. The number of aromatic hydroxyl groups is 2. The van der Waals surface area contributed by atoms with Crippen molar-refractivity contribution in [2.75, 3.05) is 26.2 Å². The third-order valence-corrected chi connectivity index (χ3v) is 5.86. The molecule has 2 aromatic rings. The molecule has 0 aromatic heterocycles. The van der Waals surface area contributed by atoms with E-state index >= 15 is 0 Å². The van der Waals surface area contributed by atoms with Gasteiger partial charge in [0.1, 0.15) is 11.5 Å². The average molecular weight is 379 g/mol. The summed E-state index contributed by atoms with van der Waals surface area (Å²) in [6.07, 6.45) is 9.17. The second kappa shape index (κ2) is 8.80. The summed E-state index contributed by atoms with van der Waals surface area (Å²) in [5.41, 5.74) is 4.15. The lowest BCUT2D eigenvalue weighted by Gasteiger charge is -2.16. The van der Waals surface area contributed by atoms with E-state index in [1.54, 1.807) is 12.1 Å². The monoisotopic (exact) mass is 378 g/mol. The fourth-order valence-electron chi connectivity index (χ4n) is 4.23. The van der Waals surface area contributed by atoms with Gasteiger partial charge in [0.05, 0.1) is 0 Å². The number of phenolic OH excluding ortho intramolecular Hbond substituents is 2. The Morgan fingerprint density at radius 1 is 0.643 bits per heavy atom. The number of hydrogen-bond donors (Lipinski definition) is 2. The molecule has 0 bridgehead atoms. The number of nitrogens with zero attached hydrogens (tertiary/aromatic N) is 2. The molecular formula is C24H30N2O2. The average Bonchev–Trinajstić information content (AvgIpc) is 3.39. The summed E-state index contributed by atoms with van der Waals surface area (Å²) in [5.74, 6) is 0.753. The van der Waals surface area contributed by atoms with Gasteiger partial charge in [-0.1, -0.05) is 24.3 Å². The Bertz CT molecular complexity index is 765. The third kappa shape index (κ3) is 4.75. The van der Waals surface area contributed by atoms with Crippen molar-refractivity contribution in [3.8, 4) is 11.5 Å². The van der Waals surface area contributed by atoms with E-state index in [-0.39, 0.29) is 0 Å². The molecule has 0 unspecified atom stereocenters. The zero-order valence-corrected chi connectivity index (χ0v) is 16.5. The van der Waals surface area contributed by atoms with Gasteiger partial charge in [0, 0.05) is 24.2 Å². The molecule has 0 atom stereocenters. The molecule has 2 aliphatic heterocycles. The Balaban J connectivity index is 1.47. The van der Waals surface area contributed by atoms with Crippen molar-refractivity contribution in [3.63, 3.8) is 0 Å². The molecule has 0 spiro atoms. The topological polar surface area (TPSA) is 46.9 Å². The van der Waals surface area contributed by atoms with E-state index in [0.717, 1.165) is 61.5 Å². The van der Waals surface area contributed by atoms with Crippen LogP contribution in [-0.2, 0) is 13.1 Å². The molecule has 2 saturated heterocycles. The lowest BCUT2D eigenvalue weighted by atomic mass is 10.1. The zero-order valence-electron chi connectivity index (χ0n) is 16.5. The van der Waals surface area contributed by atoms with E-state index in [4.69, 9.17) is 0 Å². The van der Waals surface area contributed by atoms with Gasteiger partial charge in [0.15, 0.2) is 0 Å². The van der Waals surface area contributed by atoms with Crippen molar-refractivity contribution in [3.05, 3.63) is 58.7 Å². The fourth-order valence-corrected chi connectivity index (χ4v) is 4.23. The highest BCUT2D eigenvalue weighted by atomic mass is 16.3. The summed E-state index contributed by atoms with van der Waals surface area (Å²) >= 11 is 0. The summed E-state index contributed by atoms with van der Waals surface area (Å²) < 4.78 is 0. The smallest absolute Gasteiger partial charge is 0.120 e. The molecule has 4 heteroatoms. The number of rotatable bonds is 6. The Kier molecular flexibility index (Phi) is 5.98. The molecule has 0 aliphatic carbocycles. The van der Waals surface area contributed by atoms with Crippen molar-refractivity contribution in [1.29, 1.82) is 0 Å². The molecule has 2 N–H and O–H groups in total. The van der Waals surface area contributed by atoms with E-state index < -0.39 is 0 Å². The van der Waals surface area contributed by atoms with Crippen LogP contribution in [0.1, 0.15) is 47.9 Å². The van der Waals surface area contributed by atoms with Crippen LogP contribution in [0.5, 0.6) is 11.5 Å². The minimum Gasteiger partial charge on any atom is -0.508 e. The van der Waals surface area contributed by atoms with Crippen LogP contribution in [0.4, 0.5) is 0 Å². The van der Waals surface area contributed by atoms with Gasteiger partial charge < -0.3 is 10.2 Å². The SMILES string of the molecule is Oc1ccc(/C=C\c2ccc(O)c(CN3CCCC3)c2)cc1CN1CCCC1. The minimum absolute atomic E-state index is 0.376. The molecule has 4 nitrogen and oxygen atoms in total. The van der Waals surface area contributed by atoms with Gasteiger partial charge in [-0.05, 0) is 87.3 Å². The van der Waals surface area contributed by atoms with E-state index in [2.05, 4.69) is 34.1 Å². The molecule has 0 saturated carbocycles. The first-order chi connectivity index (χ1) is 13.7. The Labute approximate surface area is 167 Å². The number of phenols is 2. The first kappa shape index (κ1) is 19.0. The Morgan fingerprint density at radius 2 is 1.04 bits per heavy atom. The normalized spacial score (nSPS) is 18.4. The van der Waals surface area contributed by atoms with Crippen molar-refractivity contribution >= 4 is 12.2 Å². The van der Waals surface area contributed by atoms with Crippen LogP contribution in [0.3, 0.4) is 0 Å². The quantitative estimate of drug-likeness (QED) is 0.729. The number of likely N-dealkylation sites (tertiary alicyclic amines) is 2. The van der Waals surface area contributed by atoms with Gasteiger partial charge >= 0.3 is 0 Å². The summed E-state index contributed by atoms with van der Waals surface area (Å²) in [4.78, 5) is 4.79. The van der Waals surface area contributed by atoms with Crippen LogP contribution in [0.15, 0.2) is 36.4 Å². The summed E-state index contributed by atoms with van der Waals surface area (Å²) in [6.45, 7) is 6.10. The van der Waals surface area contributed by atoms with Gasteiger partial charge in [-0.2, -0.15) is 0 Å². The summed E-state index contributed by atoms with van der Waals surface area (Å²) in [5, 5.41) is 20.4. The predicted molar refractivity (Wildman–Crippen MR) is 114 cm³/mol. The largest absolute Gasteiger partial charge is 0.508 e. The molecular weight excluding hydrogens is 348 g/mol. The minimum atomic E-state index is 0.376. The van der Waals surface area contributed by atoms with Crippen LogP contribution in [0, 0.1) is 0 Å². The van der Waals surface area contributed by atoms with Crippen molar-refractivity contribution in [2.24, 2.45) is 0 Å². The van der Waals surface area contributed by atoms with Gasteiger partial charge in [-0.3, -0.25) is 9.80 Å². The van der Waals surface area contributed by atoms with Crippen LogP contribution in [0.2, 0.25) is 0 Å². The molecule has 2 aromatic carbocycles. The highest BCUT2D eigenvalue weighted by molar-refractivity contribution is 5.71. The van der Waals surface area contributed by atoms with E-state index in [1.165, 1.54) is 25.7 Å². The van der Waals surface area contributed by atoms with Crippen molar-refractivity contribution in [1.82, 2.24) is 9.80 Å². The molecule has 2 heterocycles. The van der Waals surface area contributed by atoms with Gasteiger partial charge in [0.2, 0.25) is 0 Å². The van der Waals surface area contributed by atoms with Crippen molar-refractivity contribution < 1.29 is 10.2 Å². The number of benzene rings is 2. The summed E-state index contributed by atoms with van der Waals surface area (Å²) in [7, 11) is 0. The van der Waals surface area contributed by atoms with Gasteiger partial charge in [-0.25, -0.2) is 0 Å². The zero-order chi connectivity index (χ0) is 19.3. The summed E-state index contributed by atoms with van der Waals surface area (Å²) in [6, 6.07) is 11.6. The molecule has 2 aliphatic rings. The van der Waals surface area contributed by atoms with E-state index in [1.807, 2.05) is 12.1 Å². The predicted octanol–water partition coefficient (Wildman–Crippen LogP) is 4.46. The Morgan fingerprint density at radius 3 is 1.43 bits per heavy atom. The van der Waals surface area contributed by atoms with Crippen LogP contribution in [-0.4, -0.2) is 46.2 Å². The first-order valence-electron chi connectivity index (χ1n) is 10.4. The van der Waals surface area contributed by atoms with Gasteiger partial charge in [0.25, 0.3) is 0 Å². The van der Waals surface area contributed by atoms with Crippen molar-refractivity contribution in [2.45, 2.75) is 38.8 Å². The number of hydrogen-bond acceptors (Lipinski definition) is 4. The first-order valence-corrected chi connectivity index (χ1v) is 10.4. The third-order valence-electron chi connectivity index (χ3n) is 5.86. The highest BCUT2D eigenvalue weighted by Crippen LogP contribution is 2.25. The maximum absolute atomic E-state index is 10.2. The van der Waals surface area contributed by atoms with Gasteiger partial charge in [-0.15, -0.1) is 0 Å². The highest BCUT2D eigenvalue weighted by Gasteiger charge is 2.15.